The van der Waals surface area contributed by atoms with Gasteiger partial charge in [0, 0.05) is 23.5 Å². The second-order valence-electron chi connectivity index (χ2n) is 6.50. The second kappa shape index (κ2) is 7.70. The fourth-order valence-corrected chi connectivity index (χ4v) is 3.14. The lowest BCUT2D eigenvalue weighted by Crippen LogP contribution is -2.01. The summed E-state index contributed by atoms with van der Waals surface area (Å²) in [5.41, 5.74) is 5.26. The summed E-state index contributed by atoms with van der Waals surface area (Å²) in [7, 11) is 0. The summed E-state index contributed by atoms with van der Waals surface area (Å²) in [6.07, 6.45) is 6.84. The molecule has 2 heterocycles. The van der Waals surface area contributed by atoms with Gasteiger partial charge in [-0.15, -0.1) is 0 Å². The summed E-state index contributed by atoms with van der Waals surface area (Å²) in [6.45, 7) is 2.30. The third-order valence-corrected chi connectivity index (χ3v) is 4.54. The van der Waals surface area contributed by atoms with Gasteiger partial charge in [0.05, 0.1) is 36.9 Å². The van der Waals surface area contributed by atoms with E-state index in [4.69, 9.17) is 5.11 Å². The van der Waals surface area contributed by atoms with Gasteiger partial charge in [-0.3, -0.25) is 14.6 Å². The zero-order chi connectivity index (χ0) is 19.5. The Bertz CT molecular complexity index is 1110. The van der Waals surface area contributed by atoms with Crippen LogP contribution in [0.4, 0.5) is 4.39 Å². The zero-order valence-electron chi connectivity index (χ0n) is 15.4. The number of nitrogens with zero attached hydrogens (tertiary/aromatic N) is 4. The molecule has 4 rings (SSSR count). The van der Waals surface area contributed by atoms with Gasteiger partial charge in [-0.05, 0) is 35.7 Å². The highest BCUT2D eigenvalue weighted by Gasteiger charge is 2.13. The fourth-order valence-electron chi connectivity index (χ4n) is 3.14. The van der Waals surface area contributed by atoms with Crippen LogP contribution in [0.3, 0.4) is 0 Å². The summed E-state index contributed by atoms with van der Waals surface area (Å²) in [6, 6.07) is 12.9. The molecule has 0 amide bonds. The van der Waals surface area contributed by atoms with Crippen molar-refractivity contribution in [3.8, 4) is 33.5 Å². The average Bonchev–Trinajstić information content (AvgIpc) is 3.18. The fraction of sp³-hybridized carbons (Fsp3) is 0.136. The zero-order valence-corrected chi connectivity index (χ0v) is 15.4. The van der Waals surface area contributed by atoms with Crippen molar-refractivity contribution in [1.29, 1.82) is 0 Å². The minimum absolute atomic E-state index is 0.0251. The molecule has 0 unspecified atom stereocenters. The van der Waals surface area contributed by atoms with Crippen LogP contribution in [0, 0.1) is 12.7 Å². The van der Waals surface area contributed by atoms with Crippen LogP contribution in [0.15, 0.2) is 67.3 Å². The van der Waals surface area contributed by atoms with E-state index in [1.54, 1.807) is 29.3 Å². The molecule has 0 spiro atoms. The Labute approximate surface area is 162 Å². The number of hydrogen-bond acceptors (Lipinski definition) is 4. The summed E-state index contributed by atoms with van der Waals surface area (Å²) in [5, 5.41) is 13.3. The molecular formula is C22H19FN4O. The van der Waals surface area contributed by atoms with Crippen molar-refractivity contribution in [2.24, 2.45) is 0 Å². The van der Waals surface area contributed by atoms with Crippen molar-refractivity contribution >= 4 is 0 Å². The molecule has 0 saturated carbocycles. The number of halogens is 1. The molecule has 4 aromatic rings. The van der Waals surface area contributed by atoms with Gasteiger partial charge in [0.15, 0.2) is 0 Å². The summed E-state index contributed by atoms with van der Waals surface area (Å²) in [5.74, 6) is -0.346. The summed E-state index contributed by atoms with van der Waals surface area (Å²) >= 11 is 0. The minimum Gasteiger partial charge on any atom is -0.394 e. The molecule has 0 aliphatic rings. The normalized spacial score (nSPS) is 11.0. The summed E-state index contributed by atoms with van der Waals surface area (Å²) < 4.78 is 16.5. The van der Waals surface area contributed by atoms with Crippen LogP contribution >= 0.6 is 0 Å². The maximum atomic E-state index is 14.8. The largest absolute Gasteiger partial charge is 0.394 e. The van der Waals surface area contributed by atoms with Gasteiger partial charge in [-0.25, -0.2) is 4.39 Å². The molecule has 0 atom stereocenters. The lowest BCUT2D eigenvalue weighted by atomic mass is 9.95. The van der Waals surface area contributed by atoms with E-state index in [9.17, 15) is 4.39 Å². The van der Waals surface area contributed by atoms with Crippen molar-refractivity contribution in [2.45, 2.75) is 13.5 Å². The molecule has 6 heteroatoms. The van der Waals surface area contributed by atoms with Crippen LogP contribution < -0.4 is 0 Å². The molecule has 0 radical (unpaired) electrons. The van der Waals surface area contributed by atoms with E-state index in [1.165, 1.54) is 6.07 Å². The SMILES string of the molecule is Cc1cnc(-c2ccc(-c3ccccc3-c3cnn(CCO)c3)cc2F)cn1. The molecule has 1 N–H and O–H groups in total. The molecule has 0 aliphatic heterocycles. The van der Waals surface area contributed by atoms with E-state index < -0.39 is 0 Å². The van der Waals surface area contributed by atoms with Crippen LogP contribution in [0.1, 0.15) is 5.69 Å². The average molecular weight is 374 g/mol. The predicted octanol–water partition coefficient (Wildman–Crippen LogP) is 4.11. The van der Waals surface area contributed by atoms with Crippen LogP contribution in [0.2, 0.25) is 0 Å². The molecule has 140 valence electrons. The van der Waals surface area contributed by atoms with Crippen molar-refractivity contribution in [1.82, 2.24) is 19.7 Å². The van der Waals surface area contributed by atoms with E-state index in [2.05, 4.69) is 15.1 Å². The number of aromatic nitrogens is 4. The smallest absolute Gasteiger partial charge is 0.133 e. The van der Waals surface area contributed by atoms with E-state index in [1.807, 2.05) is 43.5 Å². The van der Waals surface area contributed by atoms with Gasteiger partial charge in [-0.1, -0.05) is 30.3 Å². The van der Waals surface area contributed by atoms with Gasteiger partial charge in [0.25, 0.3) is 0 Å². The molecule has 0 bridgehead atoms. The Morgan fingerprint density at radius 3 is 2.39 bits per heavy atom. The van der Waals surface area contributed by atoms with E-state index in [0.29, 0.717) is 17.8 Å². The first-order chi connectivity index (χ1) is 13.7. The molecule has 5 nitrogen and oxygen atoms in total. The second-order valence-corrected chi connectivity index (χ2v) is 6.50. The number of hydrogen-bond donors (Lipinski definition) is 1. The van der Waals surface area contributed by atoms with Crippen LogP contribution in [-0.2, 0) is 6.54 Å². The minimum atomic E-state index is -0.346. The molecule has 28 heavy (non-hydrogen) atoms. The first-order valence-corrected chi connectivity index (χ1v) is 8.97. The molecule has 0 fully saturated rings. The standard InChI is InChI=1S/C22H19FN4O/c1-15-11-25-22(13-24-15)20-7-6-16(10-21(20)23)18-4-2-3-5-19(18)17-12-26-27(14-17)8-9-28/h2-7,10-14,28H,8-9H2,1H3. The van der Waals surface area contributed by atoms with Gasteiger partial charge in [0.1, 0.15) is 5.82 Å². The van der Waals surface area contributed by atoms with Crippen molar-refractivity contribution < 1.29 is 9.50 Å². The first-order valence-electron chi connectivity index (χ1n) is 8.97. The Kier molecular flexibility index (Phi) is 4.95. The number of aliphatic hydroxyl groups excluding tert-OH is 1. The number of rotatable bonds is 5. The quantitative estimate of drug-likeness (QED) is 0.571. The van der Waals surface area contributed by atoms with Gasteiger partial charge >= 0.3 is 0 Å². The van der Waals surface area contributed by atoms with Crippen molar-refractivity contribution in [2.75, 3.05) is 6.61 Å². The van der Waals surface area contributed by atoms with Gasteiger partial charge in [-0.2, -0.15) is 5.10 Å². The maximum absolute atomic E-state index is 14.8. The van der Waals surface area contributed by atoms with E-state index >= 15 is 0 Å². The first kappa shape index (κ1) is 18.0. The third kappa shape index (κ3) is 3.54. The topological polar surface area (TPSA) is 63.8 Å². The molecule has 0 aliphatic carbocycles. The van der Waals surface area contributed by atoms with Crippen LogP contribution in [-0.4, -0.2) is 31.5 Å². The number of benzene rings is 2. The Hall–Kier alpha value is -3.38. The number of aliphatic hydroxyl groups is 1. The van der Waals surface area contributed by atoms with Gasteiger partial charge in [0.2, 0.25) is 0 Å². The Morgan fingerprint density at radius 1 is 0.929 bits per heavy atom. The third-order valence-electron chi connectivity index (χ3n) is 4.54. The monoisotopic (exact) mass is 374 g/mol. The Balaban J connectivity index is 1.73. The predicted molar refractivity (Wildman–Crippen MR) is 106 cm³/mol. The van der Waals surface area contributed by atoms with Crippen LogP contribution in [0.5, 0.6) is 0 Å². The highest BCUT2D eigenvalue weighted by atomic mass is 19.1. The van der Waals surface area contributed by atoms with Crippen molar-refractivity contribution in [3.63, 3.8) is 0 Å². The maximum Gasteiger partial charge on any atom is 0.133 e. The molecular weight excluding hydrogens is 355 g/mol. The lowest BCUT2D eigenvalue weighted by Gasteiger charge is -2.10. The van der Waals surface area contributed by atoms with E-state index in [-0.39, 0.29) is 12.4 Å². The van der Waals surface area contributed by atoms with Crippen LogP contribution in [0.25, 0.3) is 33.5 Å². The molecule has 2 aromatic heterocycles. The highest BCUT2D eigenvalue weighted by molar-refractivity contribution is 5.83. The molecule has 0 saturated heterocycles. The van der Waals surface area contributed by atoms with Crippen molar-refractivity contribution in [3.05, 3.63) is 78.8 Å². The lowest BCUT2D eigenvalue weighted by molar-refractivity contribution is 0.269. The summed E-state index contributed by atoms with van der Waals surface area (Å²) in [4.78, 5) is 8.46. The highest BCUT2D eigenvalue weighted by Crippen LogP contribution is 2.34. The number of aryl methyl sites for hydroxylation is 1. The Morgan fingerprint density at radius 2 is 1.71 bits per heavy atom. The van der Waals surface area contributed by atoms with Gasteiger partial charge < -0.3 is 5.11 Å². The molecule has 2 aromatic carbocycles. The van der Waals surface area contributed by atoms with E-state index in [0.717, 1.165) is 27.9 Å².